The summed E-state index contributed by atoms with van der Waals surface area (Å²) < 4.78 is 1.89. The Morgan fingerprint density at radius 1 is 1.55 bits per heavy atom. The molecule has 0 bridgehead atoms. The first-order valence-corrected chi connectivity index (χ1v) is 7.13. The fourth-order valence-corrected chi connectivity index (χ4v) is 3.21. The van der Waals surface area contributed by atoms with E-state index in [0.29, 0.717) is 18.5 Å². The molecule has 1 fully saturated rings. The quantitative estimate of drug-likeness (QED) is 0.872. The average molecular weight is 280 g/mol. The number of aryl methyl sites for hydroxylation is 1. The molecule has 1 saturated carbocycles. The van der Waals surface area contributed by atoms with Gasteiger partial charge in [-0.3, -0.25) is 4.79 Å². The van der Waals surface area contributed by atoms with Crippen molar-refractivity contribution in [3.8, 4) is 0 Å². The van der Waals surface area contributed by atoms with Crippen molar-refractivity contribution < 1.29 is 9.90 Å². The number of rotatable bonds is 4. The van der Waals surface area contributed by atoms with Gasteiger partial charge in [0.05, 0.1) is 12.5 Å². The fraction of sp³-hybridized carbons (Fsp3) is 0.786. The van der Waals surface area contributed by atoms with E-state index in [-0.39, 0.29) is 11.3 Å². The van der Waals surface area contributed by atoms with Gasteiger partial charge in [-0.1, -0.05) is 20.8 Å². The van der Waals surface area contributed by atoms with E-state index in [1.54, 1.807) is 6.33 Å². The van der Waals surface area contributed by atoms with E-state index in [1.807, 2.05) is 11.6 Å². The van der Waals surface area contributed by atoms with Gasteiger partial charge in [0.25, 0.3) is 0 Å². The SMILES string of the molecule is CC1C(NCc2nncn2C)CCC(C(=O)O)C1(C)C. The summed E-state index contributed by atoms with van der Waals surface area (Å²) >= 11 is 0. The molecule has 112 valence electrons. The van der Waals surface area contributed by atoms with Crippen LogP contribution in [0.3, 0.4) is 0 Å². The lowest BCUT2D eigenvalue weighted by molar-refractivity contribution is -0.150. The summed E-state index contributed by atoms with van der Waals surface area (Å²) in [6.45, 7) is 6.93. The molecule has 0 aromatic carbocycles. The third-order valence-corrected chi connectivity index (χ3v) is 5.07. The molecule has 3 atom stereocenters. The molecule has 0 aliphatic heterocycles. The van der Waals surface area contributed by atoms with Crippen molar-refractivity contribution in [2.75, 3.05) is 0 Å². The zero-order valence-electron chi connectivity index (χ0n) is 12.6. The first-order chi connectivity index (χ1) is 9.34. The Bertz CT molecular complexity index is 483. The maximum atomic E-state index is 11.4. The second kappa shape index (κ2) is 5.52. The number of nitrogens with one attached hydrogen (secondary N) is 1. The zero-order valence-corrected chi connectivity index (χ0v) is 12.6. The van der Waals surface area contributed by atoms with Crippen LogP contribution in [0.15, 0.2) is 6.33 Å². The molecule has 0 radical (unpaired) electrons. The molecule has 0 saturated heterocycles. The Morgan fingerprint density at radius 2 is 2.25 bits per heavy atom. The average Bonchev–Trinajstić information content (AvgIpc) is 2.76. The minimum Gasteiger partial charge on any atom is -0.481 e. The third kappa shape index (κ3) is 2.70. The van der Waals surface area contributed by atoms with E-state index in [2.05, 4.69) is 36.3 Å². The van der Waals surface area contributed by atoms with Gasteiger partial charge in [0.15, 0.2) is 0 Å². The number of carboxylic acids is 1. The lowest BCUT2D eigenvalue weighted by Crippen LogP contribution is -2.51. The van der Waals surface area contributed by atoms with Crippen LogP contribution in [0.4, 0.5) is 0 Å². The zero-order chi connectivity index (χ0) is 14.9. The summed E-state index contributed by atoms with van der Waals surface area (Å²) in [5, 5.41) is 20.8. The predicted octanol–water partition coefficient (Wildman–Crippen LogP) is 1.43. The first kappa shape index (κ1) is 15.0. The molecule has 1 aromatic heterocycles. The number of carboxylic acid groups (broad SMARTS) is 1. The molecule has 0 amide bonds. The molecule has 0 spiro atoms. The van der Waals surface area contributed by atoms with Crippen LogP contribution in [0.25, 0.3) is 0 Å². The van der Waals surface area contributed by atoms with Crippen LogP contribution in [-0.4, -0.2) is 31.9 Å². The Hall–Kier alpha value is -1.43. The van der Waals surface area contributed by atoms with Gasteiger partial charge in [-0.25, -0.2) is 0 Å². The van der Waals surface area contributed by atoms with Crippen LogP contribution in [-0.2, 0) is 18.4 Å². The minimum absolute atomic E-state index is 0.207. The summed E-state index contributed by atoms with van der Waals surface area (Å²) in [5.41, 5.74) is -0.207. The van der Waals surface area contributed by atoms with Gasteiger partial charge in [0.2, 0.25) is 0 Å². The fourth-order valence-electron chi connectivity index (χ4n) is 3.21. The molecule has 3 unspecified atom stereocenters. The van der Waals surface area contributed by atoms with E-state index in [0.717, 1.165) is 18.7 Å². The summed E-state index contributed by atoms with van der Waals surface area (Å²) in [6, 6.07) is 0.317. The van der Waals surface area contributed by atoms with Crippen LogP contribution in [0.5, 0.6) is 0 Å². The first-order valence-electron chi connectivity index (χ1n) is 7.13. The lowest BCUT2D eigenvalue weighted by Gasteiger charge is -2.46. The Labute approximate surface area is 119 Å². The van der Waals surface area contributed by atoms with Gasteiger partial charge < -0.3 is 15.0 Å². The topological polar surface area (TPSA) is 80.0 Å². The van der Waals surface area contributed by atoms with Crippen molar-refractivity contribution in [2.24, 2.45) is 24.3 Å². The van der Waals surface area contributed by atoms with E-state index < -0.39 is 5.97 Å². The lowest BCUT2D eigenvalue weighted by atomic mass is 9.61. The van der Waals surface area contributed by atoms with Gasteiger partial charge in [-0.2, -0.15) is 0 Å². The standard InChI is InChI=1S/C14H24N4O2/c1-9-11(15-7-12-17-16-8-18(12)4)6-5-10(13(19)20)14(9,2)3/h8-11,15H,5-7H2,1-4H3,(H,19,20). The highest BCUT2D eigenvalue weighted by Crippen LogP contribution is 2.45. The highest BCUT2D eigenvalue weighted by atomic mass is 16.4. The van der Waals surface area contributed by atoms with Crippen LogP contribution < -0.4 is 5.32 Å². The van der Waals surface area contributed by atoms with Crippen molar-refractivity contribution in [1.29, 1.82) is 0 Å². The number of nitrogens with zero attached hydrogens (tertiary/aromatic N) is 3. The van der Waals surface area contributed by atoms with Crippen LogP contribution in [0, 0.1) is 17.3 Å². The van der Waals surface area contributed by atoms with Gasteiger partial charge >= 0.3 is 5.97 Å². The summed E-state index contributed by atoms with van der Waals surface area (Å²) in [5.74, 6) is 0.264. The predicted molar refractivity (Wildman–Crippen MR) is 74.9 cm³/mol. The summed E-state index contributed by atoms with van der Waals surface area (Å²) in [7, 11) is 1.92. The summed E-state index contributed by atoms with van der Waals surface area (Å²) in [6.07, 6.45) is 3.30. The Balaban J connectivity index is 2.01. The second-order valence-corrected chi connectivity index (χ2v) is 6.42. The Kier molecular flexibility index (Phi) is 4.13. The van der Waals surface area contributed by atoms with Crippen LogP contribution in [0.2, 0.25) is 0 Å². The monoisotopic (exact) mass is 280 g/mol. The maximum Gasteiger partial charge on any atom is 0.307 e. The molecule has 1 aromatic rings. The number of aliphatic carboxylic acids is 1. The van der Waals surface area contributed by atoms with Crippen molar-refractivity contribution >= 4 is 5.97 Å². The van der Waals surface area contributed by atoms with E-state index in [1.165, 1.54) is 0 Å². The van der Waals surface area contributed by atoms with E-state index in [9.17, 15) is 9.90 Å². The van der Waals surface area contributed by atoms with Crippen LogP contribution >= 0.6 is 0 Å². The maximum absolute atomic E-state index is 11.4. The number of hydrogen-bond acceptors (Lipinski definition) is 4. The molecule has 6 heteroatoms. The number of carbonyl (C=O) groups is 1. The van der Waals surface area contributed by atoms with Crippen molar-refractivity contribution in [2.45, 2.75) is 46.2 Å². The summed E-state index contributed by atoms with van der Waals surface area (Å²) in [4.78, 5) is 11.4. The van der Waals surface area contributed by atoms with Crippen molar-refractivity contribution in [1.82, 2.24) is 20.1 Å². The normalized spacial score (nSPS) is 29.3. The third-order valence-electron chi connectivity index (χ3n) is 5.07. The van der Waals surface area contributed by atoms with Gasteiger partial charge in [-0.15, -0.1) is 10.2 Å². The molecule has 6 nitrogen and oxygen atoms in total. The molecule has 2 rings (SSSR count). The smallest absolute Gasteiger partial charge is 0.307 e. The molecule has 1 aliphatic rings. The number of hydrogen-bond donors (Lipinski definition) is 2. The molecule has 1 heterocycles. The van der Waals surface area contributed by atoms with Gasteiger partial charge in [0.1, 0.15) is 12.2 Å². The second-order valence-electron chi connectivity index (χ2n) is 6.42. The van der Waals surface area contributed by atoms with Crippen molar-refractivity contribution in [3.63, 3.8) is 0 Å². The molecular formula is C14H24N4O2. The number of aromatic nitrogens is 3. The largest absolute Gasteiger partial charge is 0.481 e. The molecule has 2 N–H and O–H groups in total. The van der Waals surface area contributed by atoms with E-state index >= 15 is 0 Å². The van der Waals surface area contributed by atoms with E-state index in [4.69, 9.17) is 0 Å². The highest BCUT2D eigenvalue weighted by molar-refractivity contribution is 5.71. The molecule has 1 aliphatic carbocycles. The molecule has 20 heavy (non-hydrogen) atoms. The van der Waals surface area contributed by atoms with Gasteiger partial charge in [-0.05, 0) is 24.2 Å². The van der Waals surface area contributed by atoms with Crippen molar-refractivity contribution in [3.05, 3.63) is 12.2 Å². The highest BCUT2D eigenvalue weighted by Gasteiger charge is 2.46. The minimum atomic E-state index is -0.673. The van der Waals surface area contributed by atoms with Crippen LogP contribution in [0.1, 0.15) is 39.4 Å². The molecular weight excluding hydrogens is 256 g/mol. The van der Waals surface area contributed by atoms with Gasteiger partial charge in [0, 0.05) is 13.1 Å². The Morgan fingerprint density at radius 3 is 2.80 bits per heavy atom.